The van der Waals surface area contributed by atoms with Gasteiger partial charge in [-0.05, 0) is 57.2 Å². The number of hydrogen-bond acceptors (Lipinski definition) is 8. The van der Waals surface area contributed by atoms with Crippen LogP contribution in [0.4, 0.5) is 0 Å². The molecule has 0 radical (unpaired) electrons. The summed E-state index contributed by atoms with van der Waals surface area (Å²) in [4.78, 5) is 19.0. The first-order chi connectivity index (χ1) is 18.1. The Hall–Kier alpha value is -2.72. The highest BCUT2D eigenvalue weighted by molar-refractivity contribution is 5.75. The van der Waals surface area contributed by atoms with E-state index >= 15 is 0 Å². The van der Waals surface area contributed by atoms with Crippen molar-refractivity contribution >= 4 is 16.6 Å². The van der Waals surface area contributed by atoms with E-state index in [0.717, 1.165) is 84.8 Å². The minimum absolute atomic E-state index is 0.141. The van der Waals surface area contributed by atoms with Crippen LogP contribution in [0.15, 0.2) is 30.6 Å². The lowest BCUT2D eigenvalue weighted by Gasteiger charge is -2.30. The van der Waals surface area contributed by atoms with Gasteiger partial charge in [0.15, 0.2) is 17.9 Å². The normalized spacial score (nSPS) is 21.7. The fourth-order valence-corrected chi connectivity index (χ4v) is 5.48. The van der Waals surface area contributed by atoms with Crippen LogP contribution in [0.3, 0.4) is 0 Å². The average molecular weight is 506 g/mol. The van der Waals surface area contributed by atoms with Gasteiger partial charge in [-0.2, -0.15) is 0 Å². The van der Waals surface area contributed by atoms with Gasteiger partial charge in [0, 0.05) is 43.8 Å². The van der Waals surface area contributed by atoms with Gasteiger partial charge in [0.25, 0.3) is 0 Å². The predicted octanol–water partition coefficient (Wildman–Crippen LogP) is 4.75. The maximum atomic E-state index is 6.05. The Balaban J connectivity index is 1.20. The number of fused-ring (bicyclic) bond motifs is 1. The minimum atomic E-state index is -0.437. The van der Waals surface area contributed by atoms with Gasteiger partial charge < -0.3 is 23.5 Å². The Morgan fingerprint density at radius 2 is 2.00 bits per heavy atom. The molecular formula is C28H35N5O4. The Kier molecular flexibility index (Phi) is 7.03. The molecule has 9 heteroatoms. The molecule has 3 aliphatic rings. The van der Waals surface area contributed by atoms with Crippen LogP contribution in [0.2, 0.25) is 0 Å². The predicted molar refractivity (Wildman–Crippen MR) is 138 cm³/mol. The zero-order valence-electron chi connectivity index (χ0n) is 21.7. The molecule has 196 valence electrons. The van der Waals surface area contributed by atoms with Crippen molar-refractivity contribution in [2.75, 3.05) is 19.8 Å². The summed E-state index contributed by atoms with van der Waals surface area (Å²) in [5.41, 5.74) is 4.99. The van der Waals surface area contributed by atoms with Crippen molar-refractivity contribution in [1.82, 2.24) is 24.5 Å². The molecule has 1 aliphatic carbocycles. The van der Waals surface area contributed by atoms with Crippen LogP contribution in [-0.2, 0) is 32.0 Å². The molecule has 5 heterocycles. The summed E-state index contributed by atoms with van der Waals surface area (Å²) in [6.45, 7) is 6.88. The van der Waals surface area contributed by atoms with Crippen LogP contribution in [0.1, 0.15) is 81.5 Å². The molecule has 0 saturated carbocycles. The Labute approximate surface area is 217 Å². The second-order valence-corrected chi connectivity index (χ2v) is 10.4. The molecule has 0 amide bonds. The second-order valence-electron chi connectivity index (χ2n) is 10.4. The van der Waals surface area contributed by atoms with E-state index in [-0.39, 0.29) is 12.3 Å². The summed E-state index contributed by atoms with van der Waals surface area (Å²) in [5.74, 6) is 1.25. The first kappa shape index (κ1) is 24.6. The number of nitrogens with zero attached hydrogens (tertiary/aromatic N) is 5. The third kappa shape index (κ3) is 5.31. The van der Waals surface area contributed by atoms with Crippen molar-refractivity contribution in [1.29, 1.82) is 0 Å². The number of allylic oxidation sites excluding steroid dienone is 1. The SMILES string of the molecule is CC(C)n1c(COC2CCCCO2)nc2cnc(Cc3ccnc(C4=CCC5(CC4)OCCO5)n3)cc21. The molecule has 0 aromatic carbocycles. The molecule has 1 spiro atoms. The fourth-order valence-electron chi connectivity index (χ4n) is 5.48. The maximum Gasteiger partial charge on any atom is 0.172 e. The van der Waals surface area contributed by atoms with Crippen LogP contribution in [-0.4, -0.2) is 56.4 Å². The molecule has 37 heavy (non-hydrogen) atoms. The van der Waals surface area contributed by atoms with E-state index in [4.69, 9.17) is 33.9 Å². The fraction of sp³-hybridized carbons (Fsp3) is 0.571. The van der Waals surface area contributed by atoms with Crippen molar-refractivity contribution in [2.24, 2.45) is 0 Å². The molecule has 6 rings (SSSR count). The Bertz CT molecular complexity index is 1270. The van der Waals surface area contributed by atoms with Crippen molar-refractivity contribution in [3.63, 3.8) is 0 Å². The van der Waals surface area contributed by atoms with Crippen molar-refractivity contribution < 1.29 is 18.9 Å². The third-order valence-corrected chi connectivity index (χ3v) is 7.37. The number of pyridine rings is 1. The van der Waals surface area contributed by atoms with Gasteiger partial charge in [-0.1, -0.05) is 6.08 Å². The van der Waals surface area contributed by atoms with E-state index in [0.29, 0.717) is 26.2 Å². The van der Waals surface area contributed by atoms with Gasteiger partial charge in [-0.25, -0.2) is 15.0 Å². The number of hydrogen-bond donors (Lipinski definition) is 0. The molecule has 9 nitrogen and oxygen atoms in total. The maximum absolute atomic E-state index is 6.05. The number of rotatable bonds is 7. The molecule has 2 aliphatic heterocycles. The van der Waals surface area contributed by atoms with Gasteiger partial charge in [-0.15, -0.1) is 0 Å². The monoisotopic (exact) mass is 505 g/mol. The summed E-state index contributed by atoms with van der Waals surface area (Å²) in [6.07, 6.45) is 12.0. The lowest BCUT2D eigenvalue weighted by atomic mass is 9.93. The minimum Gasteiger partial charge on any atom is -0.353 e. The quantitative estimate of drug-likeness (QED) is 0.454. The largest absolute Gasteiger partial charge is 0.353 e. The van der Waals surface area contributed by atoms with Gasteiger partial charge in [0.1, 0.15) is 17.9 Å². The van der Waals surface area contributed by atoms with E-state index in [1.165, 1.54) is 0 Å². The van der Waals surface area contributed by atoms with E-state index < -0.39 is 5.79 Å². The molecule has 2 fully saturated rings. The highest BCUT2D eigenvalue weighted by Gasteiger charge is 2.38. The van der Waals surface area contributed by atoms with Gasteiger partial charge in [0.05, 0.1) is 30.6 Å². The third-order valence-electron chi connectivity index (χ3n) is 7.37. The number of imidazole rings is 1. The standard InChI is InChI=1S/C28H35N5O4/c1-19(2)33-24-16-22(30-17-23(24)32-25(33)18-35-26-5-3-4-12-34-26)15-21-8-11-29-27(31-21)20-6-9-28(10-7-20)36-13-14-37-28/h6,8,11,16-17,19,26H,3-5,7,9-10,12-15,18H2,1-2H3. The topological polar surface area (TPSA) is 93.4 Å². The lowest BCUT2D eigenvalue weighted by molar-refractivity contribution is -0.170. The van der Waals surface area contributed by atoms with E-state index in [1.807, 2.05) is 18.5 Å². The zero-order valence-corrected chi connectivity index (χ0v) is 21.7. The summed E-state index contributed by atoms with van der Waals surface area (Å²) < 4.78 is 25.7. The first-order valence-electron chi connectivity index (χ1n) is 13.5. The molecule has 1 atom stereocenters. The van der Waals surface area contributed by atoms with E-state index in [9.17, 15) is 0 Å². The molecule has 0 bridgehead atoms. The summed E-state index contributed by atoms with van der Waals surface area (Å²) >= 11 is 0. The van der Waals surface area contributed by atoms with Crippen LogP contribution >= 0.6 is 0 Å². The molecule has 3 aromatic heterocycles. The Morgan fingerprint density at radius 3 is 2.76 bits per heavy atom. The highest BCUT2D eigenvalue weighted by Crippen LogP contribution is 2.37. The summed E-state index contributed by atoms with van der Waals surface area (Å²) in [5, 5.41) is 0. The lowest BCUT2D eigenvalue weighted by Crippen LogP contribution is -2.31. The van der Waals surface area contributed by atoms with Gasteiger partial charge >= 0.3 is 0 Å². The Morgan fingerprint density at radius 1 is 1.11 bits per heavy atom. The van der Waals surface area contributed by atoms with Crippen molar-refractivity contribution in [3.05, 3.63) is 53.6 Å². The van der Waals surface area contributed by atoms with Crippen molar-refractivity contribution in [2.45, 2.75) is 83.5 Å². The van der Waals surface area contributed by atoms with Gasteiger partial charge in [-0.3, -0.25) is 4.98 Å². The van der Waals surface area contributed by atoms with Gasteiger partial charge in [0.2, 0.25) is 0 Å². The molecule has 0 N–H and O–H groups in total. The van der Waals surface area contributed by atoms with E-state index in [1.54, 1.807) is 0 Å². The van der Waals surface area contributed by atoms with Crippen LogP contribution < -0.4 is 0 Å². The molecule has 2 saturated heterocycles. The van der Waals surface area contributed by atoms with Crippen LogP contribution in [0, 0.1) is 0 Å². The smallest absolute Gasteiger partial charge is 0.172 e. The van der Waals surface area contributed by atoms with Crippen LogP contribution in [0.5, 0.6) is 0 Å². The van der Waals surface area contributed by atoms with Crippen molar-refractivity contribution in [3.8, 4) is 0 Å². The average Bonchev–Trinajstić information content (AvgIpc) is 3.53. The first-order valence-corrected chi connectivity index (χ1v) is 13.5. The highest BCUT2D eigenvalue weighted by atomic mass is 16.7. The van der Waals surface area contributed by atoms with Crippen LogP contribution in [0.25, 0.3) is 16.6 Å². The summed E-state index contributed by atoms with van der Waals surface area (Å²) in [7, 11) is 0. The second kappa shape index (κ2) is 10.6. The zero-order chi connectivity index (χ0) is 25.2. The molecule has 1 unspecified atom stereocenters. The number of ether oxygens (including phenoxy) is 4. The molecule has 3 aromatic rings. The summed E-state index contributed by atoms with van der Waals surface area (Å²) in [6, 6.07) is 4.33. The number of aromatic nitrogens is 5. The molecular weight excluding hydrogens is 470 g/mol. The van der Waals surface area contributed by atoms with E-state index in [2.05, 4.69) is 35.5 Å².